The van der Waals surface area contributed by atoms with Crippen molar-refractivity contribution in [1.82, 2.24) is 39.0 Å². The number of fused-ring (bicyclic) bond motifs is 33. The molecule has 0 N–H and O–H groups in total. The van der Waals surface area contributed by atoms with Crippen molar-refractivity contribution in [3.8, 4) is 108 Å². The molecule has 0 unspecified atom stereocenters. The molecule has 11 nitrogen and oxygen atoms in total. The molecule has 20 aromatic carbocycles. The summed E-state index contributed by atoms with van der Waals surface area (Å²) in [7, 11) is 0. The molecule has 1 aliphatic rings. The largest absolute Gasteiger partial charge is 0.309 e. The van der Waals surface area contributed by atoms with Crippen LogP contribution in [0.5, 0.6) is 0 Å². The van der Waals surface area contributed by atoms with E-state index in [4.69, 9.17) is 29.9 Å². The minimum Gasteiger partial charge on any atom is -0.309 e. The minimum atomic E-state index is -0.198. The summed E-state index contributed by atoms with van der Waals surface area (Å²) >= 11 is 0. The molecule has 0 radical (unpaired) electrons. The van der Waals surface area contributed by atoms with Gasteiger partial charge >= 0.3 is 0 Å². The number of nitriles is 3. The highest BCUT2D eigenvalue weighted by molar-refractivity contribution is 6.34. The van der Waals surface area contributed by atoms with Crippen molar-refractivity contribution in [1.29, 1.82) is 15.8 Å². The van der Waals surface area contributed by atoms with E-state index in [-0.39, 0.29) is 5.41 Å². The fraction of sp³-hybridized carbons (Fsp3) is 0.0227. The maximum Gasteiger partial charge on any atom is 0.0992 e. The second-order valence-corrected chi connectivity index (χ2v) is 37.5. The number of aromatic nitrogens is 8. The van der Waals surface area contributed by atoms with Crippen molar-refractivity contribution in [2.24, 2.45) is 0 Å². The molecule has 0 spiro atoms. The summed E-state index contributed by atoms with van der Waals surface area (Å²) in [6.07, 6.45) is 5.65. The van der Waals surface area contributed by atoms with E-state index in [1.165, 1.54) is 60.0 Å². The Kier molecular flexibility index (Phi) is 19.2. The highest BCUT2D eigenvalue weighted by Gasteiger charge is 2.36. The molecule has 662 valence electrons. The smallest absolute Gasteiger partial charge is 0.0992 e. The zero-order valence-electron chi connectivity index (χ0n) is 77.6. The standard InChI is InChI=1S/2C45H26N4.C42H27N3/c46-27-28-19-21-35-39-26-30(20-22-40(39)49(41(35)24-28)32-12-2-1-3-13-32)29-10-8-11-31(25-29)43-38-18-9-23-47-44(38)42-36-16-6-4-14-33(36)34-15-5-7-17-37(34)45(42)48-43;46-27-28-19-21-40-38(24-28)39-26-30(20-22-41(39)49(40)32-12-2-1-3-13-32)29-10-8-11-31(25-29)43-37-18-9-23-47-44(37)42-35-16-6-4-14-33(35)34-15-5-7-17-36(34)45(42)48-43;1-42(2)36-21-25(24-43)16-18-31(36)32-19-17-27(23-37(32)42)26-9-7-10-28(22-26)39-35-15-8-20-44-40(35)38-33-13-5-3-11-29(33)30-12-4-6-14-34(30)41(38)45-39/h2*1-26H;3-23H,1-2H3. The van der Waals surface area contributed by atoms with Crippen LogP contribution in [0.15, 0.2) is 443 Å². The van der Waals surface area contributed by atoms with E-state index in [2.05, 4.69) is 387 Å². The number of para-hydroxylation sites is 2. The van der Waals surface area contributed by atoms with E-state index in [1.807, 2.05) is 97.5 Å². The van der Waals surface area contributed by atoms with Gasteiger partial charge in [-0.2, -0.15) is 15.8 Å². The van der Waals surface area contributed by atoms with Crippen LogP contribution in [0, 0.1) is 34.0 Å². The van der Waals surface area contributed by atoms with Crippen molar-refractivity contribution in [3.05, 3.63) is 471 Å². The van der Waals surface area contributed by atoms with E-state index < -0.39 is 0 Å². The van der Waals surface area contributed by atoms with Gasteiger partial charge in [-0.1, -0.05) is 287 Å². The predicted octanol–water partition coefficient (Wildman–Crippen LogP) is 33.4. The molecule has 0 aliphatic heterocycles. The van der Waals surface area contributed by atoms with Crippen molar-refractivity contribution in [2.75, 3.05) is 0 Å². The summed E-state index contributed by atoms with van der Waals surface area (Å²) in [6.45, 7) is 4.51. The van der Waals surface area contributed by atoms with Crippen molar-refractivity contribution in [2.45, 2.75) is 19.3 Å². The number of nitrogens with zero attached hydrogens (tertiary/aromatic N) is 11. The van der Waals surface area contributed by atoms with Crippen molar-refractivity contribution >= 4 is 174 Å². The average Bonchev–Trinajstić information content (AvgIpc) is 1.51. The molecule has 0 saturated heterocycles. The second kappa shape index (κ2) is 33.2. The molecule has 0 fully saturated rings. The van der Waals surface area contributed by atoms with Crippen LogP contribution in [0.25, 0.3) is 263 Å². The lowest BCUT2D eigenvalue weighted by molar-refractivity contribution is 0.660. The van der Waals surface area contributed by atoms with E-state index in [0.29, 0.717) is 16.7 Å². The lowest BCUT2D eigenvalue weighted by atomic mass is 9.81. The van der Waals surface area contributed by atoms with E-state index in [1.54, 1.807) is 0 Å². The van der Waals surface area contributed by atoms with Gasteiger partial charge in [-0.05, 0) is 256 Å². The van der Waals surface area contributed by atoms with Gasteiger partial charge in [0.1, 0.15) is 0 Å². The number of benzene rings is 20. The summed E-state index contributed by atoms with van der Waals surface area (Å²) in [6, 6.07) is 156. The molecular formula is C132H79N11. The zero-order chi connectivity index (χ0) is 95.2. The third kappa shape index (κ3) is 13.3. The molecule has 11 heteroatoms. The summed E-state index contributed by atoms with van der Waals surface area (Å²) in [4.78, 5) is 31.3. The van der Waals surface area contributed by atoms with Crippen molar-refractivity contribution in [3.63, 3.8) is 0 Å². The SMILES string of the molecule is CC1(C)c2cc(C#N)ccc2-c2ccc(-c3cccc(-c4nc5c6ccccc6c6ccccc6c5c5ncccc45)c3)cc21.N#Cc1ccc2c(c1)c1cc(-c3cccc(-c4nc5c6ccccc6c6ccccc6c5c5ncccc45)c3)ccc1n2-c1ccccc1.N#Cc1ccc2c3cc(-c4cccc(-c5nc6c7ccccc7c7ccccc7c6c6ncccc56)c4)ccc3n(-c3ccccc3)c2c1. The van der Waals surface area contributed by atoms with Gasteiger partial charge in [0.2, 0.25) is 0 Å². The maximum absolute atomic E-state index is 9.75. The van der Waals surface area contributed by atoms with Crippen LogP contribution >= 0.6 is 0 Å². The van der Waals surface area contributed by atoms with Gasteiger partial charge in [-0.25, -0.2) is 15.0 Å². The Morgan fingerprint density at radius 1 is 0.203 bits per heavy atom. The summed E-state index contributed by atoms with van der Waals surface area (Å²) in [5, 5.41) is 53.9. The van der Waals surface area contributed by atoms with Gasteiger partial charge in [-0.15, -0.1) is 0 Å². The molecule has 143 heavy (non-hydrogen) atoms. The number of pyridine rings is 6. The Balaban J connectivity index is 0.000000107. The van der Waals surface area contributed by atoms with Gasteiger partial charge in [-0.3, -0.25) is 15.0 Å². The minimum absolute atomic E-state index is 0.198. The van der Waals surface area contributed by atoms with Crippen LogP contribution < -0.4 is 0 Å². The van der Waals surface area contributed by atoms with Crippen LogP contribution in [0.1, 0.15) is 41.7 Å². The summed E-state index contributed by atoms with van der Waals surface area (Å²) in [5.41, 5.74) is 31.6. The molecule has 8 aromatic heterocycles. The highest BCUT2D eigenvalue weighted by atomic mass is 15.0. The van der Waals surface area contributed by atoms with Gasteiger partial charge in [0.15, 0.2) is 0 Å². The van der Waals surface area contributed by atoms with Gasteiger partial charge in [0, 0.05) is 122 Å². The van der Waals surface area contributed by atoms with Crippen LogP contribution in [-0.2, 0) is 5.41 Å². The lowest BCUT2D eigenvalue weighted by Crippen LogP contribution is -2.15. The summed E-state index contributed by atoms with van der Waals surface area (Å²) in [5.74, 6) is 0. The fourth-order valence-electron chi connectivity index (χ4n) is 22.8. The van der Waals surface area contributed by atoms with Gasteiger partial charge in [0.25, 0.3) is 0 Å². The van der Waals surface area contributed by atoms with Gasteiger partial charge < -0.3 is 9.13 Å². The Hall–Kier alpha value is -19.5. The Morgan fingerprint density at radius 2 is 0.497 bits per heavy atom. The molecule has 0 saturated carbocycles. The third-order valence-electron chi connectivity index (χ3n) is 29.3. The first kappa shape index (κ1) is 82.9. The first-order valence-corrected chi connectivity index (χ1v) is 48.1. The lowest BCUT2D eigenvalue weighted by Gasteiger charge is -2.22. The van der Waals surface area contributed by atoms with Crippen LogP contribution in [0.4, 0.5) is 0 Å². The molecule has 29 rings (SSSR count). The van der Waals surface area contributed by atoms with Crippen LogP contribution in [0.3, 0.4) is 0 Å². The molecule has 8 heterocycles. The Labute approximate surface area is 820 Å². The van der Waals surface area contributed by atoms with Crippen molar-refractivity contribution < 1.29 is 0 Å². The molecule has 0 atom stereocenters. The average molecular weight is 1820 g/mol. The molecule has 0 bridgehead atoms. The predicted molar refractivity (Wildman–Crippen MR) is 589 cm³/mol. The number of rotatable bonds is 8. The molecule has 1 aliphatic carbocycles. The molecular weight excluding hydrogens is 1740 g/mol. The first-order valence-electron chi connectivity index (χ1n) is 48.1. The first-order chi connectivity index (χ1) is 70.6. The maximum atomic E-state index is 9.75. The quantitative estimate of drug-likeness (QED) is 0.135. The van der Waals surface area contributed by atoms with Crippen LogP contribution in [0.2, 0.25) is 0 Å². The Bertz CT molecular complexity index is 10500. The normalized spacial score (nSPS) is 12.2. The molecule has 0 amide bonds. The number of hydrogen-bond acceptors (Lipinski definition) is 9. The zero-order valence-corrected chi connectivity index (χ0v) is 77.6. The van der Waals surface area contributed by atoms with E-state index in [0.717, 1.165) is 214 Å². The molecule has 28 aromatic rings. The van der Waals surface area contributed by atoms with E-state index in [9.17, 15) is 15.8 Å². The third-order valence-corrected chi connectivity index (χ3v) is 29.3. The topological polar surface area (TPSA) is 159 Å². The second-order valence-electron chi connectivity index (χ2n) is 37.5. The van der Waals surface area contributed by atoms with Crippen LogP contribution in [-0.4, -0.2) is 39.0 Å². The number of hydrogen-bond donors (Lipinski definition) is 0. The van der Waals surface area contributed by atoms with Gasteiger partial charge in [0.05, 0.1) is 107 Å². The van der Waals surface area contributed by atoms with E-state index >= 15 is 0 Å². The summed E-state index contributed by atoms with van der Waals surface area (Å²) < 4.78 is 4.52. The highest BCUT2D eigenvalue weighted by Crippen LogP contribution is 2.52. The monoisotopic (exact) mass is 1820 g/mol. The Morgan fingerprint density at radius 3 is 0.916 bits per heavy atom. The fourth-order valence-corrected chi connectivity index (χ4v) is 22.8.